The summed E-state index contributed by atoms with van der Waals surface area (Å²) in [5, 5.41) is 12.8. The molecule has 0 aliphatic carbocycles. The third kappa shape index (κ3) is 8.21. The number of nitrogens with zero attached hydrogens (tertiary/aromatic N) is 8. The van der Waals surface area contributed by atoms with Crippen molar-refractivity contribution < 1.29 is 22.1 Å². The topological polar surface area (TPSA) is 148 Å². The van der Waals surface area contributed by atoms with E-state index in [2.05, 4.69) is 123 Å². The predicted octanol–water partition coefficient (Wildman–Crippen LogP) is 5.88. The third-order valence-corrected chi connectivity index (χ3v) is 11.0. The van der Waals surface area contributed by atoms with Crippen LogP contribution < -0.4 is 20.0 Å². The molecule has 0 atom stereocenters. The summed E-state index contributed by atoms with van der Waals surface area (Å²) in [6.45, 7) is 1.82. The van der Waals surface area contributed by atoms with E-state index < -0.39 is 10.1 Å². The van der Waals surface area contributed by atoms with Crippen molar-refractivity contribution in [3.05, 3.63) is 137 Å². The van der Waals surface area contributed by atoms with E-state index >= 15 is 0 Å². The maximum atomic E-state index is 10.4. The van der Waals surface area contributed by atoms with Crippen molar-refractivity contribution in [1.82, 2.24) is 18.8 Å². The second-order valence-electron chi connectivity index (χ2n) is 11.8. The number of aryl methyl sites for hydroxylation is 3. The molecule has 0 saturated carbocycles. The van der Waals surface area contributed by atoms with Gasteiger partial charge in [0, 0.05) is 34.2 Å². The van der Waals surface area contributed by atoms with E-state index in [9.17, 15) is 13.0 Å². The minimum atomic E-state index is -4.27. The first-order valence-electron chi connectivity index (χ1n) is 16.2. The SMILES string of the molecule is C[n+]1c(-c2ccc(/C=N\Nc3ccnc(N/N=C/c4ccc(-c5cn6ccsc6[n+]5C)cc4)n3)cc2)cn2ccsc21.Cc1ccc(S(=O)(=O)[O-])cc1. The molecule has 8 aromatic rings. The van der Waals surface area contributed by atoms with Crippen LogP contribution in [0.25, 0.3) is 32.4 Å². The zero-order valence-electron chi connectivity index (χ0n) is 28.7. The van der Waals surface area contributed by atoms with Crippen molar-refractivity contribution in [3.63, 3.8) is 0 Å². The smallest absolute Gasteiger partial charge is 0.345 e. The van der Waals surface area contributed by atoms with Gasteiger partial charge in [-0.25, -0.2) is 28.0 Å². The summed E-state index contributed by atoms with van der Waals surface area (Å²) in [7, 11) is -0.103. The van der Waals surface area contributed by atoms with Crippen LogP contribution in [0.5, 0.6) is 0 Å². The van der Waals surface area contributed by atoms with Crippen LogP contribution in [-0.4, -0.2) is 44.2 Å². The molecule has 13 nitrogen and oxygen atoms in total. The van der Waals surface area contributed by atoms with E-state index in [0.717, 1.165) is 39.2 Å². The Morgan fingerprint density at radius 2 is 1.25 bits per heavy atom. The van der Waals surface area contributed by atoms with Crippen LogP contribution in [0.1, 0.15) is 16.7 Å². The van der Waals surface area contributed by atoms with Crippen LogP contribution in [0, 0.1) is 6.92 Å². The maximum absolute atomic E-state index is 10.4. The predicted molar refractivity (Wildman–Crippen MR) is 207 cm³/mol. The van der Waals surface area contributed by atoms with E-state index in [0.29, 0.717) is 11.8 Å². The largest absolute Gasteiger partial charge is 0.744 e. The summed E-state index contributed by atoms with van der Waals surface area (Å²) in [4.78, 5) is 10.9. The van der Waals surface area contributed by atoms with E-state index in [1.807, 2.05) is 31.2 Å². The molecule has 0 bridgehead atoms. The highest BCUT2D eigenvalue weighted by Crippen LogP contribution is 2.21. The summed E-state index contributed by atoms with van der Waals surface area (Å²) < 4.78 is 39.8. The van der Waals surface area contributed by atoms with E-state index in [1.54, 1.807) is 59.5 Å². The lowest BCUT2D eigenvalue weighted by atomic mass is 10.1. The lowest BCUT2D eigenvalue weighted by molar-refractivity contribution is -0.631. The summed E-state index contributed by atoms with van der Waals surface area (Å²) in [5.41, 5.74) is 13.3. The van der Waals surface area contributed by atoms with Gasteiger partial charge in [0.2, 0.25) is 5.95 Å². The Kier molecular flexibility index (Phi) is 10.2. The minimum Gasteiger partial charge on any atom is -0.744 e. The first-order chi connectivity index (χ1) is 25.6. The second kappa shape index (κ2) is 15.3. The van der Waals surface area contributed by atoms with Gasteiger partial charge in [0.15, 0.2) is 17.2 Å². The summed E-state index contributed by atoms with van der Waals surface area (Å²) in [6.07, 6.45) is 13.6. The number of hydrogen-bond acceptors (Lipinski definition) is 11. The molecule has 5 heterocycles. The highest BCUT2D eigenvalue weighted by atomic mass is 32.2. The molecule has 53 heavy (non-hydrogen) atoms. The number of rotatable bonds is 9. The fourth-order valence-electron chi connectivity index (χ4n) is 5.44. The van der Waals surface area contributed by atoms with Gasteiger partial charge in [-0.3, -0.25) is 5.43 Å². The molecule has 8 rings (SSSR count). The molecule has 0 fully saturated rings. The number of benzene rings is 3. The monoisotopic (exact) mass is 761 g/mol. The van der Waals surface area contributed by atoms with Gasteiger partial charge in [-0.2, -0.15) is 24.0 Å². The quantitative estimate of drug-likeness (QED) is 0.0808. The first-order valence-corrected chi connectivity index (χ1v) is 19.3. The van der Waals surface area contributed by atoms with Crippen molar-refractivity contribution in [3.8, 4) is 22.5 Å². The van der Waals surface area contributed by atoms with Crippen molar-refractivity contribution >= 4 is 66.9 Å². The molecule has 0 unspecified atom stereocenters. The third-order valence-electron chi connectivity index (χ3n) is 8.20. The number of hydrazone groups is 2. The fourth-order valence-corrected chi connectivity index (χ4v) is 7.52. The van der Waals surface area contributed by atoms with Crippen LogP contribution >= 0.6 is 22.7 Å². The zero-order chi connectivity index (χ0) is 37.0. The number of nitrogens with one attached hydrogen (secondary N) is 2. The van der Waals surface area contributed by atoms with Crippen molar-refractivity contribution in [2.75, 3.05) is 10.9 Å². The Morgan fingerprint density at radius 3 is 1.74 bits per heavy atom. The number of hydrogen-bond donors (Lipinski definition) is 2. The highest BCUT2D eigenvalue weighted by molar-refractivity contribution is 7.85. The maximum Gasteiger partial charge on any atom is 0.345 e. The molecule has 266 valence electrons. The van der Waals surface area contributed by atoms with Gasteiger partial charge in [0.05, 0.1) is 31.4 Å². The molecule has 3 aromatic carbocycles. The lowest BCUT2D eigenvalue weighted by Crippen LogP contribution is -2.28. The molecule has 0 spiro atoms. The average molecular weight is 762 g/mol. The molecule has 2 N–H and O–H groups in total. The Balaban J connectivity index is 0.000000341. The van der Waals surface area contributed by atoms with Gasteiger partial charge in [0.25, 0.3) is 0 Å². The van der Waals surface area contributed by atoms with Crippen LogP contribution in [0.15, 0.2) is 136 Å². The van der Waals surface area contributed by atoms with Crippen LogP contribution in [0.4, 0.5) is 11.8 Å². The van der Waals surface area contributed by atoms with Gasteiger partial charge in [-0.05, 0) is 54.4 Å². The molecule has 0 amide bonds. The summed E-state index contributed by atoms with van der Waals surface area (Å²) >= 11 is 3.44. The number of thiazole rings is 2. The standard InChI is InChI=1S/C30H26N10S2.C7H8O3S/c1-37-25(19-39-13-15-41-29(37)39)23-7-3-21(4-8-23)17-32-35-27-11-12-31-28(34-27)36-33-18-22-5-9-24(10-6-22)26-20-40-14-16-42-30(40)38(26)2;1-6-2-4-7(5-3-6)11(8,9)10/h3-20H,1-2H3,(H2,31,34,35,36);2-5H,1H3,(H,8,9,10)/q+2;/p-1/b32-17-,33-18+;. The highest BCUT2D eigenvalue weighted by Gasteiger charge is 2.18. The number of fused-ring (bicyclic) bond motifs is 2. The Labute approximate surface area is 313 Å². The number of imidazole rings is 2. The number of anilines is 2. The molecule has 0 aliphatic rings. The molecule has 16 heteroatoms. The van der Waals surface area contributed by atoms with Crippen molar-refractivity contribution in [1.29, 1.82) is 0 Å². The Morgan fingerprint density at radius 1 is 0.736 bits per heavy atom. The Bertz CT molecular complexity index is 2530. The van der Waals surface area contributed by atoms with Crippen molar-refractivity contribution in [2.24, 2.45) is 24.3 Å². The minimum absolute atomic E-state index is 0.178. The van der Waals surface area contributed by atoms with Crippen LogP contribution in [-0.2, 0) is 24.2 Å². The van der Waals surface area contributed by atoms with E-state index in [1.165, 1.54) is 22.1 Å². The van der Waals surface area contributed by atoms with Crippen LogP contribution in [0.2, 0.25) is 0 Å². The lowest BCUT2D eigenvalue weighted by Gasteiger charge is -2.05. The average Bonchev–Trinajstić information content (AvgIpc) is 3.94. The summed E-state index contributed by atoms with van der Waals surface area (Å²) in [5.74, 6) is 0.926. The second-order valence-corrected chi connectivity index (χ2v) is 15.0. The van der Waals surface area contributed by atoms with E-state index in [4.69, 9.17) is 0 Å². The summed E-state index contributed by atoms with van der Waals surface area (Å²) in [6, 6.07) is 24.1. The van der Waals surface area contributed by atoms with Gasteiger partial charge >= 0.3 is 9.92 Å². The zero-order valence-corrected chi connectivity index (χ0v) is 31.2. The van der Waals surface area contributed by atoms with E-state index in [-0.39, 0.29) is 4.90 Å². The molecule has 5 aromatic heterocycles. The van der Waals surface area contributed by atoms with Gasteiger partial charge < -0.3 is 4.55 Å². The molecule has 0 aliphatic heterocycles. The molecular weight excluding hydrogens is 729 g/mol. The molecular formula is C37H33N10O3S3+. The fraction of sp³-hybridized carbons (Fsp3) is 0.0811. The van der Waals surface area contributed by atoms with Crippen molar-refractivity contribution in [2.45, 2.75) is 11.8 Å². The normalized spacial score (nSPS) is 11.8. The first kappa shape index (κ1) is 35.3. The van der Waals surface area contributed by atoms with Crippen LogP contribution in [0.3, 0.4) is 0 Å². The molecule has 0 saturated heterocycles. The van der Waals surface area contributed by atoms with Gasteiger partial charge in [0.1, 0.15) is 34.9 Å². The van der Waals surface area contributed by atoms with Gasteiger partial charge in [-0.1, -0.05) is 64.6 Å². The van der Waals surface area contributed by atoms with Gasteiger partial charge in [-0.15, -0.1) is 0 Å². The molecule has 0 radical (unpaired) electrons. The number of aromatic nitrogens is 6. The Hall–Kier alpha value is -6.07.